The Balaban J connectivity index is 1.78. The van der Waals surface area contributed by atoms with Crippen molar-refractivity contribution in [3.8, 4) is 5.75 Å². The van der Waals surface area contributed by atoms with Gasteiger partial charge in [-0.2, -0.15) is 0 Å². The Morgan fingerprint density at radius 3 is 2.96 bits per heavy atom. The van der Waals surface area contributed by atoms with E-state index in [1.54, 1.807) is 17.5 Å². The lowest BCUT2D eigenvalue weighted by atomic mass is 10.1. The van der Waals surface area contributed by atoms with Crippen molar-refractivity contribution in [1.82, 2.24) is 9.38 Å². The number of aromatic nitrogens is 2. The van der Waals surface area contributed by atoms with Crippen LogP contribution in [0.2, 0.25) is 0 Å². The van der Waals surface area contributed by atoms with E-state index in [1.165, 1.54) is 0 Å². The van der Waals surface area contributed by atoms with Crippen molar-refractivity contribution < 1.29 is 14.6 Å². The maximum atomic E-state index is 11.2. The molecule has 0 bridgehead atoms. The number of aryl methyl sites for hydroxylation is 1. The standard InChI is InChI=1S/C18H16N2O3/c1-11-14(10-21)20-8-4-7-16(18(20)19-11)23-17-13-6-3-2-5-12(13)9-15(17)22/h2-8,10,15,17,22H,9H2,1H3/t15-,17+/m0/s1. The number of aliphatic hydroxyl groups is 1. The molecule has 2 heterocycles. The zero-order valence-corrected chi connectivity index (χ0v) is 12.6. The summed E-state index contributed by atoms with van der Waals surface area (Å²) < 4.78 is 7.80. The molecule has 4 rings (SSSR count). The Morgan fingerprint density at radius 2 is 2.13 bits per heavy atom. The van der Waals surface area contributed by atoms with Crippen LogP contribution in [-0.2, 0) is 6.42 Å². The molecule has 1 aliphatic rings. The van der Waals surface area contributed by atoms with Crippen molar-refractivity contribution >= 4 is 11.9 Å². The van der Waals surface area contributed by atoms with E-state index in [9.17, 15) is 9.90 Å². The molecule has 0 unspecified atom stereocenters. The average molecular weight is 308 g/mol. The van der Waals surface area contributed by atoms with Gasteiger partial charge in [0.15, 0.2) is 23.8 Å². The molecule has 0 saturated carbocycles. The molecule has 3 aromatic rings. The number of ether oxygens (including phenoxy) is 1. The third kappa shape index (κ3) is 2.12. The first-order chi connectivity index (χ1) is 11.2. The van der Waals surface area contributed by atoms with Gasteiger partial charge in [-0.25, -0.2) is 4.98 Å². The number of imidazole rings is 1. The molecule has 1 aliphatic carbocycles. The topological polar surface area (TPSA) is 63.8 Å². The second-order valence-electron chi connectivity index (χ2n) is 5.78. The minimum absolute atomic E-state index is 0.422. The molecule has 0 aliphatic heterocycles. The number of rotatable bonds is 3. The highest BCUT2D eigenvalue weighted by Crippen LogP contribution is 2.36. The first-order valence-corrected chi connectivity index (χ1v) is 7.54. The molecule has 1 aromatic carbocycles. The van der Waals surface area contributed by atoms with E-state index in [2.05, 4.69) is 4.98 Å². The normalized spacial score (nSPS) is 19.7. The Bertz CT molecular complexity index is 900. The molecule has 0 fully saturated rings. The average Bonchev–Trinajstić information content (AvgIpc) is 3.04. The van der Waals surface area contributed by atoms with Crippen LogP contribution in [0.1, 0.15) is 33.4 Å². The van der Waals surface area contributed by atoms with E-state index < -0.39 is 12.2 Å². The van der Waals surface area contributed by atoms with Crippen LogP contribution in [0.4, 0.5) is 0 Å². The van der Waals surface area contributed by atoms with Gasteiger partial charge >= 0.3 is 0 Å². The molecule has 0 amide bonds. The highest BCUT2D eigenvalue weighted by atomic mass is 16.5. The lowest BCUT2D eigenvalue weighted by Crippen LogP contribution is -2.19. The van der Waals surface area contributed by atoms with Crippen molar-refractivity contribution in [3.05, 3.63) is 65.1 Å². The fraction of sp³-hybridized carbons (Fsp3) is 0.222. The second kappa shape index (κ2) is 5.21. The van der Waals surface area contributed by atoms with Gasteiger partial charge in [0.2, 0.25) is 0 Å². The van der Waals surface area contributed by atoms with E-state index in [-0.39, 0.29) is 0 Å². The maximum Gasteiger partial charge on any atom is 0.180 e. The summed E-state index contributed by atoms with van der Waals surface area (Å²) in [5, 5.41) is 10.3. The van der Waals surface area contributed by atoms with Gasteiger partial charge < -0.3 is 9.84 Å². The van der Waals surface area contributed by atoms with Crippen molar-refractivity contribution in [1.29, 1.82) is 0 Å². The summed E-state index contributed by atoms with van der Waals surface area (Å²) >= 11 is 0. The Hall–Kier alpha value is -2.66. The molecule has 0 saturated heterocycles. The second-order valence-corrected chi connectivity index (χ2v) is 5.78. The lowest BCUT2D eigenvalue weighted by Gasteiger charge is -2.18. The van der Waals surface area contributed by atoms with E-state index in [1.807, 2.05) is 36.4 Å². The number of aliphatic hydroxyl groups excluding tert-OH is 1. The van der Waals surface area contributed by atoms with E-state index in [4.69, 9.17) is 4.74 Å². The fourth-order valence-corrected chi connectivity index (χ4v) is 3.22. The highest BCUT2D eigenvalue weighted by molar-refractivity contribution is 5.77. The number of fused-ring (bicyclic) bond motifs is 2. The third-order valence-electron chi connectivity index (χ3n) is 4.34. The van der Waals surface area contributed by atoms with Gasteiger partial charge in [0, 0.05) is 12.6 Å². The van der Waals surface area contributed by atoms with Gasteiger partial charge in [0.05, 0.1) is 11.8 Å². The number of hydrogen-bond acceptors (Lipinski definition) is 4. The molecule has 1 N–H and O–H groups in total. The van der Waals surface area contributed by atoms with Crippen LogP contribution in [0, 0.1) is 6.92 Å². The molecule has 116 valence electrons. The monoisotopic (exact) mass is 308 g/mol. The molecule has 23 heavy (non-hydrogen) atoms. The Morgan fingerprint density at radius 1 is 1.30 bits per heavy atom. The smallest absolute Gasteiger partial charge is 0.180 e. The van der Waals surface area contributed by atoms with Crippen molar-refractivity contribution in [2.45, 2.75) is 25.6 Å². The zero-order valence-electron chi connectivity index (χ0n) is 12.6. The Labute approximate surface area is 133 Å². The lowest BCUT2D eigenvalue weighted by molar-refractivity contribution is 0.0502. The molecule has 5 heteroatoms. The van der Waals surface area contributed by atoms with Crippen LogP contribution in [0.15, 0.2) is 42.6 Å². The number of pyridine rings is 1. The van der Waals surface area contributed by atoms with Crippen molar-refractivity contribution in [2.75, 3.05) is 0 Å². The molecule has 0 spiro atoms. The number of hydrogen-bond donors (Lipinski definition) is 1. The summed E-state index contributed by atoms with van der Waals surface area (Å²) in [7, 11) is 0. The van der Waals surface area contributed by atoms with Gasteiger partial charge in [-0.1, -0.05) is 24.3 Å². The number of nitrogens with zero attached hydrogens (tertiary/aromatic N) is 2. The predicted molar refractivity (Wildman–Crippen MR) is 84.8 cm³/mol. The van der Waals surface area contributed by atoms with Crippen molar-refractivity contribution in [3.63, 3.8) is 0 Å². The minimum atomic E-state index is -0.589. The highest BCUT2D eigenvalue weighted by Gasteiger charge is 2.33. The number of carbonyl (C=O) groups excluding carboxylic acids is 1. The molecule has 2 aromatic heterocycles. The molecule has 5 nitrogen and oxygen atoms in total. The number of aldehydes is 1. The van der Waals surface area contributed by atoms with E-state index in [0.29, 0.717) is 29.2 Å². The van der Waals surface area contributed by atoms with Crippen LogP contribution in [-0.4, -0.2) is 26.9 Å². The summed E-state index contributed by atoms with van der Waals surface area (Å²) in [5.74, 6) is 0.560. The fourth-order valence-electron chi connectivity index (χ4n) is 3.22. The molecule has 0 radical (unpaired) electrons. The quantitative estimate of drug-likeness (QED) is 0.755. The van der Waals surface area contributed by atoms with Crippen LogP contribution in [0.5, 0.6) is 5.75 Å². The minimum Gasteiger partial charge on any atom is -0.479 e. The van der Waals surface area contributed by atoms with E-state index in [0.717, 1.165) is 17.4 Å². The SMILES string of the molecule is Cc1nc2c(O[C@@H]3c4ccccc4C[C@@H]3O)cccn2c1C=O. The first-order valence-electron chi connectivity index (χ1n) is 7.54. The maximum absolute atomic E-state index is 11.2. The summed E-state index contributed by atoms with van der Waals surface area (Å²) in [6.45, 7) is 1.79. The summed E-state index contributed by atoms with van der Waals surface area (Å²) in [5.41, 5.74) is 3.86. The molecular formula is C18H16N2O3. The predicted octanol–water partition coefficient (Wildman–Crippen LogP) is 2.49. The van der Waals surface area contributed by atoms with Crippen LogP contribution in [0.3, 0.4) is 0 Å². The Kier molecular flexibility index (Phi) is 3.16. The number of benzene rings is 1. The van der Waals surface area contributed by atoms with Crippen LogP contribution >= 0.6 is 0 Å². The largest absolute Gasteiger partial charge is 0.479 e. The van der Waals surface area contributed by atoms with Gasteiger partial charge in [0.25, 0.3) is 0 Å². The van der Waals surface area contributed by atoms with E-state index >= 15 is 0 Å². The van der Waals surface area contributed by atoms with Crippen LogP contribution in [0.25, 0.3) is 5.65 Å². The van der Waals surface area contributed by atoms with Crippen LogP contribution < -0.4 is 4.74 Å². The van der Waals surface area contributed by atoms with Crippen molar-refractivity contribution in [2.24, 2.45) is 0 Å². The molecular weight excluding hydrogens is 292 g/mol. The first kappa shape index (κ1) is 14.0. The zero-order chi connectivity index (χ0) is 16.0. The summed E-state index contributed by atoms with van der Waals surface area (Å²) in [6.07, 6.45) is 2.14. The van der Waals surface area contributed by atoms with Gasteiger partial charge in [-0.3, -0.25) is 9.20 Å². The van der Waals surface area contributed by atoms with Gasteiger partial charge in [-0.05, 0) is 30.2 Å². The summed E-state index contributed by atoms with van der Waals surface area (Å²) in [6, 6.07) is 11.5. The van der Waals surface area contributed by atoms with Gasteiger partial charge in [0.1, 0.15) is 5.69 Å². The van der Waals surface area contributed by atoms with Gasteiger partial charge in [-0.15, -0.1) is 0 Å². The summed E-state index contributed by atoms with van der Waals surface area (Å²) in [4.78, 5) is 15.7. The molecule has 2 atom stereocenters. The third-order valence-corrected chi connectivity index (χ3v) is 4.34. The number of carbonyl (C=O) groups is 1.